The lowest BCUT2D eigenvalue weighted by atomic mass is 10.1. The van der Waals surface area contributed by atoms with Crippen LogP contribution >= 0.6 is 15.9 Å². The van der Waals surface area contributed by atoms with Gasteiger partial charge >= 0.3 is 23.9 Å². The molecule has 0 aliphatic carbocycles. The molecule has 4 aromatic rings. The summed E-state index contributed by atoms with van der Waals surface area (Å²) in [5.74, 6) is -2.79. The van der Waals surface area contributed by atoms with Crippen LogP contribution in [0.15, 0.2) is 121 Å². The monoisotopic (exact) mass is 658 g/mol. The number of hydrogen-bond donors (Lipinski definition) is 0. The van der Waals surface area contributed by atoms with E-state index in [4.69, 9.17) is 23.7 Å². The average Bonchev–Trinajstić information content (AvgIpc) is 3.37. The fourth-order valence-corrected chi connectivity index (χ4v) is 5.18. The Hall–Kier alpha value is -4.80. The zero-order chi connectivity index (χ0) is 30.9. The molecule has 5 rings (SSSR count). The second kappa shape index (κ2) is 14.6. The molecular weight excluding hydrogens is 632 g/mol. The topological polar surface area (TPSA) is 114 Å². The molecule has 0 saturated carbocycles. The molecule has 9 nitrogen and oxygen atoms in total. The number of ether oxygens (including phenoxy) is 5. The average molecular weight is 659 g/mol. The number of alkyl halides is 1. The number of rotatable bonds is 10. The van der Waals surface area contributed by atoms with Gasteiger partial charge in [-0.05, 0) is 48.5 Å². The molecular formula is C34H27BrO9. The minimum atomic E-state index is -1.27. The Morgan fingerprint density at radius 3 is 1.41 bits per heavy atom. The first kappa shape index (κ1) is 30.7. The maximum absolute atomic E-state index is 13.2. The van der Waals surface area contributed by atoms with E-state index in [1.807, 2.05) is 0 Å². The smallest absolute Gasteiger partial charge is 0.338 e. The van der Waals surface area contributed by atoms with E-state index in [-0.39, 0.29) is 22.3 Å². The Morgan fingerprint density at radius 1 is 0.568 bits per heavy atom. The molecule has 10 heteroatoms. The van der Waals surface area contributed by atoms with E-state index in [0.717, 1.165) is 0 Å². The van der Waals surface area contributed by atoms with Crippen LogP contribution in [0.5, 0.6) is 0 Å². The molecule has 224 valence electrons. The highest BCUT2D eigenvalue weighted by atomic mass is 79.9. The Morgan fingerprint density at radius 2 is 0.955 bits per heavy atom. The van der Waals surface area contributed by atoms with Gasteiger partial charge in [0.2, 0.25) is 0 Å². The second-order valence-corrected chi connectivity index (χ2v) is 10.6. The standard InChI is InChI=1S/C34H27BrO9/c35-30-29(44-34(39)25-19-11-4-12-20-25)28(43-33(38)24-17-9-3-10-18-24)27(42-30)26(41-32(37)23-15-7-2-8-16-23)21-40-31(36)22-13-5-1-6-14-22/h1-20,26-30H,21H2/t26-,27+,28+,29-,30+/m1/s1. The fraction of sp³-hybridized carbons (Fsp3) is 0.176. The van der Waals surface area contributed by atoms with Crippen LogP contribution in [-0.4, -0.2) is 59.9 Å². The van der Waals surface area contributed by atoms with E-state index in [9.17, 15) is 19.2 Å². The van der Waals surface area contributed by atoms with Crippen LogP contribution in [0, 0.1) is 0 Å². The van der Waals surface area contributed by atoms with Gasteiger partial charge in [0.05, 0.1) is 22.3 Å². The Labute approximate surface area is 261 Å². The van der Waals surface area contributed by atoms with Gasteiger partial charge in [0.25, 0.3) is 0 Å². The third-order valence-electron chi connectivity index (χ3n) is 6.72. The summed E-state index contributed by atoms with van der Waals surface area (Å²) in [7, 11) is 0. The lowest BCUT2D eigenvalue weighted by molar-refractivity contribution is -0.0895. The third-order valence-corrected chi connectivity index (χ3v) is 7.46. The first-order valence-electron chi connectivity index (χ1n) is 13.7. The predicted molar refractivity (Wildman–Crippen MR) is 161 cm³/mol. The van der Waals surface area contributed by atoms with Crippen molar-refractivity contribution in [3.63, 3.8) is 0 Å². The van der Waals surface area contributed by atoms with Crippen LogP contribution in [0.25, 0.3) is 0 Å². The van der Waals surface area contributed by atoms with Crippen LogP contribution in [0.1, 0.15) is 41.4 Å². The van der Waals surface area contributed by atoms with Gasteiger partial charge in [0.15, 0.2) is 23.3 Å². The highest BCUT2D eigenvalue weighted by Crippen LogP contribution is 2.34. The number of benzene rings is 4. The van der Waals surface area contributed by atoms with Gasteiger partial charge in [-0.25, -0.2) is 19.2 Å². The molecule has 4 aromatic carbocycles. The molecule has 0 bridgehead atoms. The van der Waals surface area contributed by atoms with Crippen molar-refractivity contribution in [2.24, 2.45) is 0 Å². The number of carbonyl (C=O) groups excluding carboxylic acids is 4. The molecule has 0 N–H and O–H groups in total. The molecule has 1 heterocycles. The van der Waals surface area contributed by atoms with Crippen molar-refractivity contribution in [2.45, 2.75) is 29.4 Å². The van der Waals surface area contributed by atoms with Gasteiger partial charge in [-0.3, -0.25) is 0 Å². The van der Waals surface area contributed by atoms with Crippen molar-refractivity contribution in [3.05, 3.63) is 144 Å². The first-order valence-corrected chi connectivity index (χ1v) is 14.6. The van der Waals surface area contributed by atoms with Crippen LogP contribution in [0.4, 0.5) is 0 Å². The molecule has 0 amide bonds. The van der Waals surface area contributed by atoms with Gasteiger partial charge in [-0.15, -0.1) is 0 Å². The molecule has 1 aliphatic rings. The molecule has 1 fully saturated rings. The summed E-state index contributed by atoms with van der Waals surface area (Å²) < 4.78 is 29.1. The first-order chi connectivity index (χ1) is 21.4. The van der Waals surface area contributed by atoms with Gasteiger partial charge in [-0.2, -0.15) is 0 Å². The van der Waals surface area contributed by atoms with Crippen molar-refractivity contribution < 1.29 is 42.9 Å². The molecule has 0 spiro atoms. The maximum Gasteiger partial charge on any atom is 0.338 e. The highest BCUT2D eigenvalue weighted by Gasteiger charge is 2.53. The lowest BCUT2D eigenvalue weighted by Gasteiger charge is -2.28. The highest BCUT2D eigenvalue weighted by molar-refractivity contribution is 9.09. The van der Waals surface area contributed by atoms with Crippen LogP contribution < -0.4 is 0 Å². The Kier molecular flexibility index (Phi) is 10.2. The largest absolute Gasteiger partial charge is 0.458 e. The SMILES string of the molecule is O=C(OC[C@@H](OC(=O)c1ccccc1)[C@@H]1O[C@H](Br)[C@H](OC(=O)c2ccccc2)[C@H]1OC(=O)c1ccccc1)c1ccccc1. The zero-order valence-electron chi connectivity index (χ0n) is 23.2. The summed E-state index contributed by atoms with van der Waals surface area (Å²) >= 11 is 3.39. The second-order valence-electron chi connectivity index (χ2n) is 9.70. The van der Waals surface area contributed by atoms with Crippen LogP contribution in [0.2, 0.25) is 0 Å². The number of esters is 4. The Bertz CT molecular complexity index is 1570. The van der Waals surface area contributed by atoms with Crippen molar-refractivity contribution >= 4 is 39.8 Å². The summed E-state index contributed by atoms with van der Waals surface area (Å²) in [6.07, 6.45) is -4.92. The zero-order valence-corrected chi connectivity index (χ0v) is 24.8. The van der Waals surface area contributed by atoms with Crippen molar-refractivity contribution in [2.75, 3.05) is 6.61 Å². The van der Waals surface area contributed by atoms with Crippen molar-refractivity contribution in [1.82, 2.24) is 0 Å². The van der Waals surface area contributed by atoms with Crippen molar-refractivity contribution in [3.8, 4) is 0 Å². The molecule has 1 saturated heterocycles. The van der Waals surface area contributed by atoms with Gasteiger partial charge < -0.3 is 23.7 Å². The molecule has 44 heavy (non-hydrogen) atoms. The van der Waals surface area contributed by atoms with E-state index in [1.54, 1.807) is 121 Å². The summed E-state index contributed by atoms with van der Waals surface area (Å²) in [5.41, 5.74) is 1.04. The summed E-state index contributed by atoms with van der Waals surface area (Å²) in [6, 6.07) is 33.0. The van der Waals surface area contributed by atoms with E-state index >= 15 is 0 Å². The fourth-order valence-electron chi connectivity index (χ4n) is 4.52. The van der Waals surface area contributed by atoms with E-state index in [1.165, 1.54) is 0 Å². The van der Waals surface area contributed by atoms with Crippen LogP contribution in [-0.2, 0) is 23.7 Å². The van der Waals surface area contributed by atoms with Crippen LogP contribution in [0.3, 0.4) is 0 Å². The Balaban J connectivity index is 1.45. The van der Waals surface area contributed by atoms with Gasteiger partial charge in [-0.1, -0.05) is 88.7 Å². The van der Waals surface area contributed by atoms with E-state index < -0.39 is 59.9 Å². The van der Waals surface area contributed by atoms with E-state index in [2.05, 4.69) is 15.9 Å². The quantitative estimate of drug-likeness (QED) is 0.121. The predicted octanol–water partition coefficient (Wildman–Crippen LogP) is 5.64. The minimum Gasteiger partial charge on any atom is -0.458 e. The molecule has 1 aliphatic heterocycles. The minimum absolute atomic E-state index is 0.241. The van der Waals surface area contributed by atoms with Crippen molar-refractivity contribution in [1.29, 1.82) is 0 Å². The normalized spacial score (nSPS) is 19.8. The molecule has 0 aromatic heterocycles. The lowest BCUT2D eigenvalue weighted by Crippen LogP contribution is -2.47. The summed E-state index contributed by atoms with van der Waals surface area (Å²) in [6.45, 7) is -0.449. The maximum atomic E-state index is 13.2. The van der Waals surface area contributed by atoms with Gasteiger partial charge in [0.1, 0.15) is 12.7 Å². The number of halogens is 1. The number of carbonyl (C=O) groups is 4. The van der Waals surface area contributed by atoms with Gasteiger partial charge in [0, 0.05) is 0 Å². The summed E-state index contributed by atoms with van der Waals surface area (Å²) in [5, 5.41) is -0.975. The summed E-state index contributed by atoms with van der Waals surface area (Å²) in [4.78, 5) is 52.3. The third kappa shape index (κ3) is 7.58. The number of hydrogen-bond acceptors (Lipinski definition) is 9. The van der Waals surface area contributed by atoms with E-state index in [0.29, 0.717) is 0 Å². The molecule has 0 unspecified atom stereocenters. The molecule has 0 radical (unpaired) electrons. The molecule has 5 atom stereocenters.